The van der Waals surface area contributed by atoms with Gasteiger partial charge in [0.25, 0.3) is 5.91 Å². The first-order chi connectivity index (χ1) is 8.51. The summed E-state index contributed by atoms with van der Waals surface area (Å²) in [5.74, 6) is -0.579. The molecule has 0 atom stereocenters. The predicted molar refractivity (Wildman–Crippen MR) is 76.1 cm³/mol. The Hall–Kier alpha value is -1.88. The van der Waals surface area contributed by atoms with Crippen LogP contribution in [-0.4, -0.2) is 11.9 Å². The maximum Gasteiger partial charge on any atom is 0.280 e. The van der Waals surface area contributed by atoms with Gasteiger partial charge in [0.15, 0.2) is 5.96 Å². The van der Waals surface area contributed by atoms with Gasteiger partial charge in [-0.1, -0.05) is 6.92 Å². The van der Waals surface area contributed by atoms with Gasteiger partial charge in [-0.05, 0) is 42.5 Å². The van der Waals surface area contributed by atoms with Crippen LogP contribution < -0.4 is 11.5 Å². The lowest BCUT2D eigenvalue weighted by atomic mass is 10.0. The molecule has 0 spiro atoms. The van der Waals surface area contributed by atoms with Crippen molar-refractivity contribution in [3.63, 3.8) is 0 Å². The van der Waals surface area contributed by atoms with E-state index < -0.39 is 0 Å². The number of carbonyl (C=O) groups is 1. The van der Waals surface area contributed by atoms with Gasteiger partial charge in [-0.15, -0.1) is 11.3 Å². The fraction of sp³-hybridized carbons (Fsp3) is 0.231. The van der Waals surface area contributed by atoms with Crippen LogP contribution in [0.1, 0.15) is 27.7 Å². The van der Waals surface area contributed by atoms with Crippen LogP contribution in [0.3, 0.4) is 0 Å². The summed E-state index contributed by atoms with van der Waals surface area (Å²) in [6.07, 6.45) is 0.770. The lowest BCUT2D eigenvalue weighted by molar-refractivity contribution is 0.100. The normalized spacial score (nSPS) is 10.6. The summed E-state index contributed by atoms with van der Waals surface area (Å²) in [4.78, 5) is 16.8. The summed E-state index contributed by atoms with van der Waals surface area (Å²) in [6.45, 7) is 4.06. The molecule has 0 radical (unpaired) electrons. The topological polar surface area (TPSA) is 81.5 Å². The Morgan fingerprint density at radius 3 is 2.67 bits per heavy atom. The van der Waals surface area contributed by atoms with Crippen molar-refractivity contribution < 1.29 is 4.79 Å². The van der Waals surface area contributed by atoms with Gasteiger partial charge in [0.05, 0.1) is 0 Å². The van der Waals surface area contributed by atoms with E-state index in [9.17, 15) is 4.79 Å². The molecule has 4 nitrogen and oxygen atoms in total. The molecular weight excluding hydrogens is 246 g/mol. The predicted octanol–water partition coefficient (Wildman–Crippen LogP) is 2.19. The van der Waals surface area contributed by atoms with Crippen LogP contribution in [0.15, 0.2) is 23.2 Å². The molecule has 1 heterocycles. The number of hydrogen-bond acceptors (Lipinski definition) is 2. The molecular formula is C13H15N3OS. The average Bonchev–Trinajstić information content (AvgIpc) is 2.65. The molecule has 0 aliphatic heterocycles. The van der Waals surface area contributed by atoms with E-state index in [1.807, 2.05) is 26.0 Å². The first kappa shape index (κ1) is 12.6. The van der Waals surface area contributed by atoms with Crippen LogP contribution in [0.4, 0.5) is 0 Å². The Kier molecular flexibility index (Phi) is 3.34. The molecule has 1 aromatic heterocycles. The van der Waals surface area contributed by atoms with E-state index in [0.717, 1.165) is 22.1 Å². The SMILES string of the molecule is CCc1cc2cc(C)sc2cc1C(=O)N=C(N)N. The summed E-state index contributed by atoms with van der Waals surface area (Å²) in [6, 6.07) is 6.03. The molecule has 0 aliphatic rings. The molecule has 2 aromatic rings. The number of carbonyl (C=O) groups excluding carboxylic acids is 1. The second kappa shape index (κ2) is 4.78. The Morgan fingerprint density at radius 1 is 1.33 bits per heavy atom. The van der Waals surface area contributed by atoms with Crippen LogP contribution in [-0.2, 0) is 6.42 Å². The van der Waals surface area contributed by atoms with Crippen molar-refractivity contribution in [2.75, 3.05) is 0 Å². The standard InChI is InChI=1S/C13H15N3OS/c1-3-8-5-9-4-7(2)18-11(9)6-10(8)12(17)16-13(14)15/h4-6H,3H2,1-2H3,(H4,14,15,16,17). The van der Waals surface area contributed by atoms with Crippen molar-refractivity contribution >= 4 is 33.3 Å². The fourth-order valence-corrected chi connectivity index (χ4v) is 2.88. The molecule has 0 fully saturated rings. The van der Waals surface area contributed by atoms with Gasteiger partial charge in [0.1, 0.15) is 0 Å². The van der Waals surface area contributed by atoms with Gasteiger partial charge in [0.2, 0.25) is 0 Å². The van der Waals surface area contributed by atoms with Gasteiger partial charge in [0, 0.05) is 15.1 Å². The number of hydrogen-bond donors (Lipinski definition) is 2. The lowest BCUT2D eigenvalue weighted by Gasteiger charge is -2.04. The van der Waals surface area contributed by atoms with Gasteiger partial charge < -0.3 is 11.5 Å². The number of aliphatic imine (C=N–C) groups is 1. The van der Waals surface area contributed by atoms with Crippen LogP contribution in [0, 0.1) is 6.92 Å². The average molecular weight is 261 g/mol. The number of fused-ring (bicyclic) bond motifs is 1. The van der Waals surface area contributed by atoms with Crippen molar-refractivity contribution in [3.8, 4) is 0 Å². The van der Waals surface area contributed by atoms with Crippen molar-refractivity contribution in [1.29, 1.82) is 0 Å². The first-order valence-electron chi connectivity index (χ1n) is 5.68. The van der Waals surface area contributed by atoms with E-state index in [1.165, 1.54) is 4.88 Å². The molecule has 0 unspecified atom stereocenters. The number of guanidine groups is 1. The van der Waals surface area contributed by atoms with Crippen molar-refractivity contribution in [1.82, 2.24) is 0 Å². The third-order valence-corrected chi connectivity index (χ3v) is 3.72. The second-order valence-corrected chi connectivity index (χ2v) is 5.39. The minimum absolute atomic E-state index is 0.204. The maximum absolute atomic E-state index is 11.9. The van der Waals surface area contributed by atoms with Crippen molar-refractivity contribution in [2.24, 2.45) is 16.5 Å². The third-order valence-electron chi connectivity index (χ3n) is 2.71. The molecule has 0 saturated heterocycles. The van der Waals surface area contributed by atoms with Crippen LogP contribution >= 0.6 is 11.3 Å². The number of thiophene rings is 1. The van der Waals surface area contributed by atoms with Crippen molar-refractivity contribution in [2.45, 2.75) is 20.3 Å². The highest BCUT2D eigenvalue weighted by molar-refractivity contribution is 7.19. The number of rotatable bonds is 2. The molecule has 18 heavy (non-hydrogen) atoms. The Labute approximate surface area is 109 Å². The number of aryl methyl sites for hydroxylation is 2. The van der Waals surface area contributed by atoms with E-state index in [1.54, 1.807) is 11.3 Å². The van der Waals surface area contributed by atoms with E-state index in [-0.39, 0.29) is 11.9 Å². The Morgan fingerprint density at radius 2 is 2.06 bits per heavy atom. The molecule has 1 aromatic carbocycles. The third kappa shape index (κ3) is 2.36. The summed E-state index contributed by atoms with van der Waals surface area (Å²) >= 11 is 1.66. The maximum atomic E-state index is 11.9. The van der Waals surface area contributed by atoms with Gasteiger partial charge in [-0.2, -0.15) is 4.99 Å². The zero-order valence-electron chi connectivity index (χ0n) is 10.4. The van der Waals surface area contributed by atoms with Gasteiger partial charge in [-0.25, -0.2) is 0 Å². The summed E-state index contributed by atoms with van der Waals surface area (Å²) in [5.41, 5.74) is 12.0. The molecule has 0 aliphatic carbocycles. The van der Waals surface area contributed by atoms with Crippen LogP contribution in [0.5, 0.6) is 0 Å². The van der Waals surface area contributed by atoms with Crippen LogP contribution in [0.25, 0.3) is 10.1 Å². The summed E-state index contributed by atoms with van der Waals surface area (Å²) in [5, 5.41) is 1.16. The highest BCUT2D eigenvalue weighted by Crippen LogP contribution is 2.28. The highest BCUT2D eigenvalue weighted by Gasteiger charge is 2.12. The molecule has 0 saturated carbocycles. The second-order valence-electron chi connectivity index (χ2n) is 4.10. The monoisotopic (exact) mass is 261 g/mol. The Bertz CT molecular complexity index is 639. The number of amides is 1. The van der Waals surface area contributed by atoms with E-state index in [0.29, 0.717) is 5.56 Å². The highest BCUT2D eigenvalue weighted by atomic mass is 32.1. The largest absolute Gasteiger partial charge is 0.370 e. The molecule has 4 N–H and O–H groups in total. The fourth-order valence-electron chi connectivity index (χ4n) is 1.94. The van der Waals surface area contributed by atoms with E-state index >= 15 is 0 Å². The number of nitrogens with zero attached hydrogens (tertiary/aromatic N) is 1. The van der Waals surface area contributed by atoms with Crippen molar-refractivity contribution in [3.05, 3.63) is 34.2 Å². The van der Waals surface area contributed by atoms with E-state index in [4.69, 9.17) is 11.5 Å². The minimum atomic E-state index is -0.375. The molecule has 2 rings (SSSR count). The zero-order chi connectivity index (χ0) is 13.3. The summed E-state index contributed by atoms with van der Waals surface area (Å²) in [7, 11) is 0. The molecule has 1 amide bonds. The molecule has 0 bridgehead atoms. The lowest BCUT2D eigenvalue weighted by Crippen LogP contribution is -2.24. The first-order valence-corrected chi connectivity index (χ1v) is 6.50. The number of nitrogens with two attached hydrogens (primary N) is 2. The van der Waals surface area contributed by atoms with E-state index in [2.05, 4.69) is 11.1 Å². The minimum Gasteiger partial charge on any atom is -0.370 e. The quantitative estimate of drug-likeness (QED) is 0.642. The van der Waals surface area contributed by atoms with Gasteiger partial charge >= 0.3 is 0 Å². The summed E-state index contributed by atoms with van der Waals surface area (Å²) < 4.78 is 1.08. The molecule has 5 heteroatoms. The Balaban J connectivity index is 2.61. The smallest absolute Gasteiger partial charge is 0.280 e. The van der Waals surface area contributed by atoms with Crippen LogP contribution in [0.2, 0.25) is 0 Å². The zero-order valence-corrected chi connectivity index (χ0v) is 11.2. The number of benzene rings is 1. The van der Waals surface area contributed by atoms with Gasteiger partial charge in [-0.3, -0.25) is 4.79 Å². The molecule has 94 valence electrons.